The molecule has 0 aliphatic heterocycles. The number of halogens is 4. The average Bonchev–Trinajstić information content (AvgIpc) is 2.72. The maximum Gasteiger partial charge on any atom is 0.416 e. The van der Waals surface area contributed by atoms with Gasteiger partial charge in [0.2, 0.25) is 0 Å². The van der Waals surface area contributed by atoms with Gasteiger partial charge in [-0.2, -0.15) is 13.2 Å². The number of nitrogens with one attached hydrogen (secondary N) is 2. The Bertz CT molecular complexity index is 1080. The number of alkyl halides is 3. The van der Waals surface area contributed by atoms with E-state index in [4.69, 9.17) is 16.3 Å². The summed E-state index contributed by atoms with van der Waals surface area (Å²) < 4.78 is 43.7. The molecule has 2 aromatic carbocycles. The van der Waals surface area contributed by atoms with Gasteiger partial charge in [0.25, 0.3) is 11.8 Å². The quantitative estimate of drug-likeness (QED) is 0.586. The molecular weight excluding hydrogens is 423 g/mol. The van der Waals surface area contributed by atoms with Gasteiger partial charge >= 0.3 is 6.18 Å². The fourth-order valence-electron chi connectivity index (χ4n) is 2.37. The first-order valence-corrected chi connectivity index (χ1v) is 8.77. The van der Waals surface area contributed by atoms with E-state index in [9.17, 15) is 22.8 Å². The van der Waals surface area contributed by atoms with Crippen LogP contribution in [-0.2, 0) is 6.18 Å². The molecule has 2 N–H and O–H groups in total. The number of pyridine rings is 1. The second-order valence-electron chi connectivity index (χ2n) is 5.91. The average molecular weight is 436 g/mol. The van der Waals surface area contributed by atoms with E-state index in [0.29, 0.717) is 17.6 Å². The first-order chi connectivity index (χ1) is 14.2. The van der Waals surface area contributed by atoms with Gasteiger partial charge in [0.1, 0.15) is 11.5 Å². The number of aromatic nitrogens is 1. The van der Waals surface area contributed by atoms with Gasteiger partial charge in [0, 0.05) is 18.0 Å². The lowest BCUT2D eigenvalue weighted by Gasteiger charge is -2.11. The van der Waals surface area contributed by atoms with Gasteiger partial charge < -0.3 is 4.74 Å². The van der Waals surface area contributed by atoms with Crippen LogP contribution in [0.3, 0.4) is 0 Å². The van der Waals surface area contributed by atoms with Crippen molar-refractivity contribution in [2.45, 2.75) is 6.18 Å². The van der Waals surface area contributed by atoms with Crippen molar-refractivity contribution >= 4 is 23.4 Å². The summed E-state index contributed by atoms with van der Waals surface area (Å²) in [6.45, 7) is 0. The van der Waals surface area contributed by atoms with E-state index in [2.05, 4.69) is 15.8 Å². The first-order valence-electron chi connectivity index (χ1n) is 8.39. The van der Waals surface area contributed by atoms with E-state index >= 15 is 0 Å². The number of carbonyl (C=O) groups is 2. The SMILES string of the molecule is O=C(NNC(=O)c1ccc(C(F)(F)F)cc1Cl)c1cccc(Oc2ccncc2)c1. The molecule has 0 bridgehead atoms. The Hall–Kier alpha value is -3.59. The van der Waals surface area contributed by atoms with Crippen LogP contribution in [0, 0.1) is 0 Å². The molecule has 30 heavy (non-hydrogen) atoms. The molecule has 0 unspecified atom stereocenters. The van der Waals surface area contributed by atoms with E-state index in [0.717, 1.165) is 12.1 Å². The molecule has 0 atom stereocenters. The molecule has 0 spiro atoms. The van der Waals surface area contributed by atoms with Crippen LogP contribution in [0.2, 0.25) is 5.02 Å². The molecule has 10 heteroatoms. The second-order valence-corrected chi connectivity index (χ2v) is 6.32. The summed E-state index contributed by atoms with van der Waals surface area (Å²) in [5.74, 6) is -0.628. The minimum Gasteiger partial charge on any atom is -0.457 e. The van der Waals surface area contributed by atoms with Crippen molar-refractivity contribution in [1.82, 2.24) is 15.8 Å². The maximum atomic E-state index is 12.7. The Kier molecular flexibility index (Phi) is 6.22. The number of hydrazine groups is 1. The lowest BCUT2D eigenvalue weighted by Crippen LogP contribution is -2.41. The van der Waals surface area contributed by atoms with E-state index in [1.54, 1.807) is 36.7 Å². The molecule has 3 rings (SSSR count). The summed E-state index contributed by atoms with van der Waals surface area (Å²) in [4.78, 5) is 28.3. The predicted octanol–water partition coefficient (Wildman–Crippen LogP) is 4.62. The molecule has 0 saturated carbocycles. The molecule has 154 valence electrons. The van der Waals surface area contributed by atoms with Gasteiger partial charge in [-0.3, -0.25) is 25.4 Å². The van der Waals surface area contributed by atoms with Crippen molar-refractivity contribution in [2.75, 3.05) is 0 Å². The van der Waals surface area contributed by atoms with Gasteiger partial charge in [0.05, 0.1) is 16.1 Å². The van der Waals surface area contributed by atoms with Crippen molar-refractivity contribution in [2.24, 2.45) is 0 Å². The van der Waals surface area contributed by atoms with E-state index in [-0.39, 0.29) is 11.1 Å². The highest BCUT2D eigenvalue weighted by Crippen LogP contribution is 2.32. The minimum absolute atomic E-state index is 0.181. The molecule has 2 amide bonds. The van der Waals surface area contributed by atoms with E-state index in [1.165, 1.54) is 12.1 Å². The van der Waals surface area contributed by atoms with Gasteiger partial charge in [-0.1, -0.05) is 17.7 Å². The van der Waals surface area contributed by atoms with E-state index < -0.39 is 28.6 Å². The first kappa shape index (κ1) is 21.1. The Morgan fingerprint density at radius 3 is 2.27 bits per heavy atom. The van der Waals surface area contributed by atoms with Gasteiger partial charge in [-0.05, 0) is 48.5 Å². The maximum absolute atomic E-state index is 12.7. The number of carbonyl (C=O) groups excluding carboxylic acids is 2. The van der Waals surface area contributed by atoms with Crippen molar-refractivity contribution in [3.63, 3.8) is 0 Å². The molecule has 3 aromatic rings. The van der Waals surface area contributed by atoms with E-state index in [1.807, 2.05) is 0 Å². The van der Waals surface area contributed by atoms with Crippen molar-refractivity contribution in [3.8, 4) is 11.5 Å². The molecule has 0 aliphatic carbocycles. The molecule has 0 aliphatic rings. The molecule has 0 radical (unpaired) electrons. The highest BCUT2D eigenvalue weighted by atomic mass is 35.5. The van der Waals surface area contributed by atoms with Crippen LogP contribution in [0.1, 0.15) is 26.3 Å². The van der Waals surface area contributed by atoms with Crippen LogP contribution in [0.15, 0.2) is 67.0 Å². The van der Waals surface area contributed by atoms with Crippen molar-refractivity contribution < 1.29 is 27.5 Å². The fraction of sp³-hybridized carbons (Fsp3) is 0.0500. The molecule has 6 nitrogen and oxygen atoms in total. The lowest BCUT2D eigenvalue weighted by molar-refractivity contribution is -0.137. The molecule has 1 aromatic heterocycles. The standard InChI is InChI=1S/C20H13ClF3N3O3/c21-17-11-13(20(22,23)24)4-5-16(17)19(29)27-26-18(28)12-2-1-3-15(10-12)30-14-6-8-25-9-7-14/h1-11H,(H,26,28)(H,27,29). The summed E-state index contributed by atoms with van der Waals surface area (Å²) in [6.07, 6.45) is -1.49. The van der Waals surface area contributed by atoms with Gasteiger partial charge in [-0.15, -0.1) is 0 Å². The fourth-order valence-corrected chi connectivity index (χ4v) is 2.64. The molecule has 0 saturated heterocycles. The summed E-state index contributed by atoms with van der Waals surface area (Å²) in [5.41, 5.74) is 3.26. The topological polar surface area (TPSA) is 80.3 Å². The highest BCUT2D eigenvalue weighted by Gasteiger charge is 2.31. The number of ether oxygens (including phenoxy) is 1. The normalized spacial score (nSPS) is 10.9. The number of nitrogens with zero attached hydrogens (tertiary/aromatic N) is 1. The zero-order valence-corrected chi connectivity index (χ0v) is 15.8. The Morgan fingerprint density at radius 2 is 1.60 bits per heavy atom. The third kappa shape index (κ3) is 5.26. The predicted molar refractivity (Wildman–Crippen MR) is 102 cm³/mol. The van der Waals surface area contributed by atoms with Crippen LogP contribution in [0.5, 0.6) is 11.5 Å². The number of amides is 2. The molecule has 1 heterocycles. The third-order valence-corrected chi connectivity index (χ3v) is 4.12. The van der Waals surface area contributed by atoms with Crippen molar-refractivity contribution in [1.29, 1.82) is 0 Å². The Morgan fingerprint density at radius 1 is 0.900 bits per heavy atom. The van der Waals surface area contributed by atoms with Crippen LogP contribution in [-0.4, -0.2) is 16.8 Å². The monoisotopic (exact) mass is 435 g/mol. The molecular formula is C20H13ClF3N3O3. The van der Waals surface area contributed by atoms with Crippen LogP contribution in [0.25, 0.3) is 0 Å². The number of hydrogen-bond donors (Lipinski definition) is 2. The Balaban J connectivity index is 1.64. The van der Waals surface area contributed by atoms with Crippen LogP contribution >= 0.6 is 11.6 Å². The summed E-state index contributed by atoms with van der Waals surface area (Å²) in [6, 6.07) is 11.7. The summed E-state index contributed by atoms with van der Waals surface area (Å²) in [7, 11) is 0. The highest BCUT2D eigenvalue weighted by molar-refractivity contribution is 6.33. The zero-order valence-electron chi connectivity index (χ0n) is 15.0. The van der Waals surface area contributed by atoms with Crippen molar-refractivity contribution in [3.05, 3.63) is 88.7 Å². The smallest absolute Gasteiger partial charge is 0.416 e. The van der Waals surface area contributed by atoms with Gasteiger partial charge in [-0.25, -0.2) is 0 Å². The van der Waals surface area contributed by atoms with Gasteiger partial charge in [0.15, 0.2) is 0 Å². The Labute approximate surface area is 173 Å². The third-order valence-electron chi connectivity index (χ3n) is 3.81. The minimum atomic E-state index is -4.59. The second kappa shape index (κ2) is 8.83. The largest absolute Gasteiger partial charge is 0.457 e. The summed E-state index contributed by atoms with van der Waals surface area (Å²) >= 11 is 5.77. The zero-order chi connectivity index (χ0) is 21.7. The lowest BCUT2D eigenvalue weighted by atomic mass is 10.1. The molecule has 0 fully saturated rings. The summed E-state index contributed by atoms with van der Waals surface area (Å²) in [5, 5.41) is -0.399. The number of hydrogen-bond acceptors (Lipinski definition) is 4. The number of rotatable bonds is 4. The van der Waals surface area contributed by atoms with Crippen LogP contribution < -0.4 is 15.6 Å². The van der Waals surface area contributed by atoms with Crippen LogP contribution in [0.4, 0.5) is 13.2 Å². The number of benzene rings is 2.